The third kappa shape index (κ3) is 6.35. The number of carbonyl (C=O) groups excluding carboxylic acids is 1. The first-order valence-electron chi connectivity index (χ1n) is 12.7. The van der Waals surface area contributed by atoms with Crippen molar-refractivity contribution >= 4 is 23.2 Å². The standard InChI is InChI=1S/C27H43NO5S/c1-16-9-8-11-27(7)23(33-27)14-21(17(2)13-20-15-34-19(4)28-20)32-12-10-22(29)26(5,6)25(31)18(3)24(16)30/h13,15-16,18,21-24,29-30H,8-12,14H2,1-7H3. The van der Waals surface area contributed by atoms with Gasteiger partial charge in [0.05, 0.1) is 40.7 Å². The van der Waals surface area contributed by atoms with E-state index in [1.165, 1.54) is 0 Å². The highest BCUT2D eigenvalue weighted by molar-refractivity contribution is 7.09. The van der Waals surface area contributed by atoms with Crippen LogP contribution >= 0.6 is 11.3 Å². The van der Waals surface area contributed by atoms with E-state index in [-0.39, 0.29) is 29.5 Å². The highest BCUT2D eigenvalue weighted by Gasteiger charge is 2.52. The molecule has 0 aliphatic carbocycles. The summed E-state index contributed by atoms with van der Waals surface area (Å²) in [4.78, 5) is 17.8. The summed E-state index contributed by atoms with van der Waals surface area (Å²) in [5.74, 6) is -0.632. The topological polar surface area (TPSA) is 92.2 Å². The first-order chi connectivity index (χ1) is 15.8. The quantitative estimate of drug-likeness (QED) is 0.566. The molecule has 7 unspecified atom stereocenters. The molecule has 0 spiro atoms. The van der Waals surface area contributed by atoms with Crippen molar-refractivity contribution in [2.24, 2.45) is 17.3 Å². The van der Waals surface area contributed by atoms with Crippen LogP contribution in [0.3, 0.4) is 0 Å². The van der Waals surface area contributed by atoms with Gasteiger partial charge in [-0.2, -0.15) is 0 Å². The van der Waals surface area contributed by atoms with E-state index in [9.17, 15) is 15.0 Å². The van der Waals surface area contributed by atoms with Gasteiger partial charge in [-0.1, -0.05) is 34.1 Å². The molecule has 192 valence electrons. The Morgan fingerprint density at radius 2 is 1.94 bits per heavy atom. The SMILES string of the molecule is CC(=Cc1csc(C)n1)C1CC2OC2(C)CCCC(C)C(O)C(C)C(=O)C(C)(C)C(O)CCO1. The average molecular weight is 494 g/mol. The Hall–Kier alpha value is -1.12. The summed E-state index contributed by atoms with van der Waals surface area (Å²) < 4.78 is 12.4. The first-order valence-corrected chi connectivity index (χ1v) is 13.5. The van der Waals surface area contributed by atoms with E-state index in [0.29, 0.717) is 13.0 Å². The van der Waals surface area contributed by atoms with E-state index < -0.39 is 23.5 Å². The third-order valence-electron chi connectivity index (χ3n) is 8.00. The van der Waals surface area contributed by atoms with Crippen molar-refractivity contribution in [1.29, 1.82) is 0 Å². The van der Waals surface area contributed by atoms with Gasteiger partial charge >= 0.3 is 0 Å². The average Bonchev–Trinajstić information content (AvgIpc) is 3.22. The summed E-state index contributed by atoms with van der Waals surface area (Å²) in [7, 11) is 0. The van der Waals surface area contributed by atoms with Crippen molar-refractivity contribution in [3.8, 4) is 0 Å². The number of aliphatic hydroxyl groups excluding tert-OH is 2. The van der Waals surface area contributed by atoms with Crippen LogP contribution in [0, 0.1) is 24.2 Å². The number of epoxide rings is 1. The first kappa shape index (κ1) is 27.5. The summed E-state index contributed by atoms with van der Waals surface area (Å²) in [6.45, 7) is 13.9. The van der Waals surface area contributed by atoms with E-state index in [2.05, 4.69) is 24.9 Å². The summed E-state index contributed by atoms with van der Waals surface area (Å²) >= 11 is 1.62. The minimum atomic E-state index is -0.961. The summed E-state index contributed by atoms with van der Waals surface area (Å²) in [5, 5.41) is 24.8. The van der Waals surface area contributed by atoms with Crippen LogP contribution in [0.2, 0.25) is 0 Å². The fraction of sp³-hybridized carbons (Fsp3) is 0.778. The molecule has 0 bridgehead atoms. The van der Waals surface area contributed by atoms with Crippen LogP contribution in [0.1, 0.15) is 84.3 Å². The van der Waals surface area contributed by atoms with Gasteiger partial charge in [0.15, 0.2) is 0 Å². The fourth-order valence-electron chi connectivity index (χ4n) is 5.19. The van der Waals surface area contributed by atoms with Gasteiger partial charge < -0.3 is 19.7 Å². The van der Waals surface area contributed by atoms with Gasteiger partial charge in [0.2, 0.25) is 0 Å². The van der Waals surface area contributed by atoms with Gasteiger partial charge in [0, 0.05) is 29.7 Å². The second-order valence-corrected chi connectivity index (χ2v) is 12.3. The van der Waals surface area contributed by atoms with Crippen molar-refractivity contribution in [3.05, 3.63) is 21.7 Å². The minimum absolute atomic E-state index is 0.00317. The maximum atomic E-state index is 13.2. The lowest BCUT2D eigenvalue weighted by atomic mass is 9.73. The number of fused-ring (bicyclic) bond motifs is 1. The molecular weight excluding hydrogens is 450 g/mol. The van der Waals surface area contributed by atoms with Crippen molar-refractivity contribution in [2.45, 2.75) is 111 Å². The molecule has 7 heteroatoms. The lowest BCUT2D eigenvalue weighted by Crippen LogP contribution is -2.45. The van der Waals surface area contributed by atoms with Crippen LogP contribution in [-0.4, -0.2) is 57.6 Å². The van der Waals surface area contributed by atoms with Crippen LogP contribution in [0.25, 0.3) is 6.08 Å². The van der Waals surface area contributed by atoms with Gasteiger partial charge in [-0.15, -0.1) is 11.3 Å². The molecule has 3 heterocycles. The number of ether oxygens (including phenoxy) is 2. The number of hydrogen-bond acceptors (Lipinski definition) is 7. The van der Waals surface area contributed by atoms with E-state index in [1.54, 1.807) is 32.1 Å². The Labute approximate surface area is 208 Å². The third-order valence-corrected chi connectivity index (χ3v) is 8.80. The molecule has 2 fully saturated rings. The normalized spacial score (nSPS) is 38.4. The lowest BCUT2D eigenvalue weighted by molar-refractivity contribution is -0.142. The fourth-order valence-corrected chi connectivity index (χ4v) is 5.76. The molecular formula is C27H43NO5S. The Kier molecular flexibility index (Phi) is 8.78. The second kappa shape index (κ2) is 10.9. The van der Waals surface area contributed by atoms with E-state index in [0.717, 1.165) is 42.0 Å². The molecule has 34 heavy (non-hydrogen) atoms. The molecule has 1 aromatic rings. The summed E-state index contributed by atoms with van der Waals surface area (Å²) in [5.41, 5.74) is 0.879. The van der Waals surface area contributed by atoms with Gasteiger partial charge in [-0.05, 0) is 57.6 Å². The number of aryl methyl sites for hydroxylation is 1. The Morgan fingerprint density at radius 3 is 2.59 bits per heavy atom. The zero-order valence-electron chi connectivity index (χ0n) is 21.8. The van der Waals surface area contributed by atoms with Crippen LogP contribution in [0.5, 0.6) is 0 Å². The highest BCUT2D eigenvalue weighted by atomic mass is 32.1. The maximum Gasteiger partial charge on any atom is 0.146 e. The van der Waals surface area contributed by atoms with Crippen molar-refractivity contribution in [1.82, 2.24) is 4.98 Å². The lowest BCUT2D eigenvalue weighted by Gasteiger charge is -2.35. The van der Waals surface area contributed by atoms with E-state index in [1.807, 2.05) is 19.2 Å². The van der Waals surface area contributed by atoms with Crippen LogP contribution < -0.4 is 0 Å². The Morgan fingerprint density at radius 1 is 1.24 bits per heavy atom. The summed E-state index contributed by atoms with van der Waals surface area (Å²) in [6, 6.07) is 0. The number of Topliss-reactive ketones (excluding diaryl/α,β-unsaturated/α-hetero) is 1. The van der Waals surface area contributed by atoms with E-state index in [4.69, 9.17) is 9.47 Å². The monoisotopic (exact) mass is 493 g/mol. The Bertz CT molecular complexity index is 880. The zero-order valence-corrected chi connectivity index (χ0v) is 22.7. The van der Waals surface area contributed by atoms with Crippen molar-refractivity contribution < 1.29 is 24.5 Å². The van der Waals surface area contributed by atoms with Gasteiger partial charge in [0.1, 0.15) is 5.78 Å². The molecule has 6 nitrogen and oxygen atoms in total. The van der Waals surface area contributed by atoms with Gasteiger partial charge in [-0.3, -0.25) is 4.79 Å². The molecule has 0 amide bonds. The van der Waals surface area contributed by atoms with Crippen molar-refractivity contribution in [3.63, 3.8) is 0 Å². The molecule has 2 aliphatic rings. The number of aromatic nitrogens is 1. The highest BCUT2D eigenvalue weighted by Crippen LogP contribution is 2.45. The van der Waals surface area contributed by atoms with Gasteiger partial charge in [-0.25, -0.2) is 4.98 Å². The predicted octanol–water partition coefficient (Wildman–Crippen LogP) is 4.95. The number of ketones is 1. The van der Waals surface area contributed by atoms with Crippen LogP contribution in [0.4, 0.5) is 0 Å². The zero-order chi connectivity index (χ0) is 25.3. The number of nitrogens with zero attached hydrogens (tertiary/aromatic N) is 1. The number of rotatable bonds is 2. The molecule has 3 rings (SSSR count). The number of thiazole rings is 1. The largest absolute Gasteiger partial charge is 0.392 e. The second-order valence-electron chi connectivity index (χ2n) is 11.2. The molecule has 0 radical (unpaired) electrons. The van der Waals surface area contributed by atoms with Crippen LogP contribution in [-0.2, 0) is 14.3 Å². The van der Waals surface area contributed by atoms with Gasteiger partial charge in [0.25, 0.3) is 0 Å². The molecule has 2 aliphatic heterocycles. The predicted molar refractivity (Wildman–Crippen MR) is 136 cm³/mol. The van der Waals surface area contributed by atoms with Crippen LogP contribution in [0.15, 0.2) is 11.0 Å². The number of carbonyl (C=O) groups is 1. The number of aliphatic hydroxyl groups is 2. The molecule has 2 N–H and O–H groups in total. The maximum absolute atomic E-state index is 13.2. The van der Waals surface area contributed by atoms with Crippen molar-refractivity contribution in [2.75, 3.05) is 6.61 Å². The van der Waals surface area contributed by atoms with E-state index >= 15 is 0 Å². The molecule has 7 atom stereocenters. The molecule has 1 aromatic heterocycles. The minimum Gasteiger partial charge on any atom is -0.392 e. The molecule has 0 aromatic carbocycles. The molecule has 2 saturated heterocycles. The number of hydrogen-bond donors (Lipinski definition) is 2. The summed E-state index contributed by atoms with van der Waals surface area (Å²) in [6.07, 6.45) is 4.23. The molecule has 0 saturated carbocycles. The Balaban J connectivity index is 1.79. The smallest absolute Gasteiger partial charge is 0.146 e.